The molecule has 0 radical (unpaired) electrons. The summed E-state index contributed by atoms with van der Waals surface area (Å²) in [7, 11) is 0. The molecule has 6 heteroatoms. The Bertz CT molecular complexity index is 813. The first-order valence-electron chi connectivity index (χ1n) is 9.37. The van der Waals surface area contributed by atoms with Gasteiger partial charge in [0.25, 0.3) is 10.8 Å². The number of piperidine rings is 3. The maximum atomic E-state index is 12.7. The van der Waals surface area contributed by atoms with Gasteiger partial charge in [-0.1, -0.05) is 11.8 Å². The van der Waals surface area contributed by atoms with Crippen molar-refractivity contribution < 1.29 is 9.00 Å². The standard InChI is InChI=1S/C21H22N2O2S2/c1-14-20(15-10-12-23(14)13-11-15)22-21(24)16-2-4-17(5-3-16)26-18-6-8-19(27-25)9-7-18/h2-9,14-15,20H,10-13H2,1H3/p+1/t14-,20-/m0/s1. The van der Waals surface area contributed by atoms with Crippen LogP contribution < -0.4 is 5.32 Å². The minimum atomic E-state index is 0.0222. The molecule has 3 fully saturated rings. The monoisotopic (exact) mass is 399 g/mol. The van der Waals surface area contributed by atoms with Gasteiger partial charge in [0.05, 0.1) is 0 Å². The van der Waals surface area contributed by atoms with Crippen molar-refractivity contribution in [1.29, 1.82) is 0 Å². The molecule has 2 atom stereocenters. The van der Waals surface area contributed by atoms with Crippen LogP contribution in [-0.2, 0) is 15.9 Å². The molecule has 2 bridgehead atoms. The summed E-state index contributed by atoms with van der Waals surface area (Å²) in [5.41, 5.74) is 0.709. The summed E-state index contributed by atoms with van der Waals surface area (Å²) in [4.78, 5) is 18.1. The second-order valence-corrected chi connectivity index (χ2v) is 9.08. The van der Waals surface area contributed by atoms with Crippen LogP contribution in [0.15, 0.2) is 63.2 Å². The van der Waals surface area contributed by atoms with Gasteiger partial charge in [0.1, 0.15) is 0 Å². The first kappa shape index (κ1) is 18.6. The van der Waals surface area contributed by atoms with Gasteiger partial charge in [0.2, 0.25) is 0 Å². The van der Waals surface area contributed by atoms with Crippen molar-refractivity contribution in [1.82, 2.24) is 10.2 Å². The number of fused-ring (bicyclic) bond motifs is 3. The Hall–Kier alpha value is -1.76. The lowest BCUT2D eigenvalue weighted by atomic mass is 9.79. The fraction of sp³-hybridized carbons (Fsp3) is 0.381. The molecule has 140 valence electrons. The second kappa shape index (κ2) is 8.09. The Labute approximate surface area is 168 Å². The lowest BCUT2D eigenvalue weighted by Crippen LogP contribution is -2.62. The lowest BCUT2D eigenvalue weighted by molar-refractivity contribution is 0.0217. The molecule has 0 saturated carbocycles. The van der Waals surface area contributed by atoms with Crippen molar-refractivity contribution in [2.24, 2.45) is 5.92 Å². The smallest absolute Gasteiger partial charge is 0.347 e. The number of rotatable bonds is 5. The molecule has 1 N–H and O–H groups in total. The lowest BCUT2D eigenvalue weighted by Gasteiger charge is -2.49. The third-order valence-electron chi connectivity index (χ3n) is 5.75. The number of hydrogen-bond donors (Lipinski definition) is 1. The van der Waals surface area contributed by atoms with E-state index in [9.17, 15) is 9.00 Å². The van der Waals surface area contributed by atoms with E-state index in [0.717, 1.165) is 9.79 Å². The highest BCUT2D eigenvalue weighted by Gasteiger charge is 2.40. The zero-order valence-electron chi connectivity index (χ0n) is 15.3. The van der Waals surface area contributed by atoms with E-state index >= 15 is 0 Å². The van der Waals surface area contributed by atoms with Gasteiger partial charge in [0, 0.05) is 43.8 Å². The molecular formula is C21H23N2O2S2+. The summed E-state index contributed by atoms with van der Waals surface area (Å²) < 4.78 is 10.8. The van der Waals surface area contributed by atoms with Crippen LogP contribution in [0.4, 0.5) is 0 Å². The summed E-state index contributed by atoms with van der Waals surface area (Å²) in [6.45, 7) is 4.56. The largest absolute Gasteiger partial charge is 0.505 e. The number of benzene rings is 2. The molecule has 3 heterocycles. The minimum Gasteiger partial charge on any atom is -0.347 e. The Morgan fingerprint density at radius 3 is 2.19 bits per heavy atom. The van der Waals surface area contributed by atoms with Gasteiger partial charge in [-0.3, -0.25) is 9.69 Å². The summed E-state index contributed by atoms with van der Waals surface area (Å²) in [5.74, 6) is 0.632. The van der Waals surface area contributed by atoms with Crippen LogP contribution in [0.5, 0.6) is 0 Å². The quantitative estimate of drug-likeness (QED) is 0.776. The topological polar surface area (TPSA) is 49.4 Å². The zero-order chi connectivity index (χ0) is 18.8. The zero-order valence-corrected chi connectivity index (χ0v) is 16.9. The Morgan fingerprint density at radius 2 is 1.63 bits per heavy atom. The highest BCUT2D eigenvalue weighted by Crippen LogP contribution is 2.32. The molecule has 0 aromatic heterocycles. The summed E-state index contributed by atoms with van der Waals surface area (Å²) in [6.07, 6.45) is 2.38. The fourth-order valence-electron chi connectivity index (χ4n) is 4.15. The van der Waals surface area contributed by atoms with Crippen molar-refractivity contribution in [3.05, 3.63) is 54.1 Å². The van der Waals surface area contributed by atoms with Gasteiger partial charge in [-0.2, -0.15) is 0 Å². The SMILES string of the molecule is C[C@H]1[C@H](NC(=O)c2ccc(Sc3ccc([S+]=O)cc3)cc2)C2CCN1CC2. The maximum Gasteiger partial charge on any atom is 0.505 e. The highest BCUT2D eigenvalue weighted by atomic mass is 32.2. The molecule has 2 aromatic carbocycles. The number of nitrogens with one attached hydrogen (secondary N) is 1. The van der Waals surface area contributed by atoms with E-state index in [2.05, 4.69) is 17.1 Å². The average molecular weight is 400 g/mol. The second-order valence-electron chi connectivity index (χ2n) is 7.29. The Morgan fingerprint density at radius 1 is 1.04 bits per heavy atom. The normalized spacial score (nSPS) is 26.6. The van der Waals surface area contributed by atoms with E-state index in [4.69, 9.17) is 0 Å². The van der Waals surface area contributed by atoms with Crippen molar-refractivity contribution in [3.63, 3.8) is 0 Å². The predicted octanol–water partition coefficient (Wildman–Crippen LogP) is 3.84. The van der Waals surface area contributed by atoms with Crippen molar-refractivity contribution in [2.75, 3.05) is 13.1 Å². The molecule has 3 aliphatic heterocycles. The molecule has 3 saturated heterocycles. The maximum absolute atomic E-state index is 12.7. The number of hydrogen-bond acceptors (Lipinski definition) is 4. The molecule has 0 spiro atoms. The summed E-state index contributed by atoms with van der Waals surface area (Å²) in [6, 6.07) is 16.0. The van der Waals surface area contributed by atoms with E-state index in [1.807, 2.05) is 48.5 Å². The molecule has 3 aliphatic rings. The first-order valence-corrected chi connectivity index (χ1v) is 10.9. The average Bonchev–Trinajstić information content (AvgIpc) is 2.72. The van der Waals surface area contributed by atoms with Crippen LogP contribution in [0.3, 0.4) is 0 Å². The third kappa shape index (κ3) is 4.08. The van der Waals surface area contributed by atoms with Gasteiger partial charge in [0.15, 0.2) is 0 Å². The molecule has 2 aromatic rings. The van der Waals surface area contributed by atoms with E-state index in [0.29, 0.717) is 34.1 Å². The van der Waals surface area contributed by atoms with Gasteiger partial charge in [-0.15, -0.1) is 0 Å². The molecule has 4 nitrogen and oxygen atoms in total. The Balaban J connectivity index is 1.39. The van der Waals surface area contributed by atoms with Gasteiger partial charge >= 0.3 is 11.7 Å². The van der Waals surface area contributed by atoms with E-state index < -0.39 is 0 Å². The number of amides is 1. The van der Waals surface area contributed by atoms with E-state index in [1.165, 1.54) is 25.9 Å². The van der Waals surface area contributed by atoms with Crippen molar-refractivity contribution in [2.45, 2.75) is 46.5 Å². The summed E-state index contributed by atoms with van der Waals surface area (Å²) in [5, 5.41) is 3.28. The molecule has 0 unspecified atom stereocenters. The number of carbonyl (C=O) groups excluding carboxylic acids is 1. The molecule has 0 aliphatic carbocycles. The molecule has 1 amide bonds. The highest BCUT2D eigenvalue weighted by molar-refractivity contribution is 7.99. The van der Waals surface area contributed by atoms with Crippen LogP contribution in [0.1, 0.15) is 30.1 Å². The van der Waals surface area contributed by atoms with Crippen LogP contribution >= 0.6 is 11.8 Å². The van der Waals surface area contributed by atoms with Gasteiger partial charge in [-0.05, 0) is 75.2 Å². The van der Waals surface area contributed by atoms with Crippen molar-refractivity contribution >= 4 is 29.3 Å². The van der Waals surface area contributed by atoms with Crippen LogP contribution in [0.25, 0.3) is 0 Å². The molecular weight excluding hydrogens is 376 g/mol. The minimum absolute atomic E-state index is 0.0222. The number of carbonyl (C=O) groups is 1. The first-order chi connectivity index (χ1) is 13.1. The molecule has 27 heavy (non-hydrogen) atoms. The number of nitrogens with zero attached hydrogens (tertiary/aromatic N) is 1. The fourth-order valence-corrected chi connectivity index (χ4v) is 5.22. The van der Waals surface area contributed by atoms with Crippen molar-refractivity contribution in [3.8, 4) is 0 Å². The van der Waals surface area contributed by atoms with Crippen LogP contribution in [0, 0.1) is 5.92 Å². The summed E-state index contributed by atoms with van der Waals surface area (Å²) >= 11 is 2.12. The third-order valence-corrected chi connectivity index (χ3v) is 7.23. The predicted molar refractivity (Wildman–Crippen MR) is 108 cm³/mol. The molecule has 5 rings (SSSR count). The van der Waals surface area contributed by atoms with E-state index in [-0.39, 0.29) is 11.9 Å². The Kier molecular flexibility index (Phi) is 5.57. The van der Waals surface area contributed by atoms with Gasteiger partial charge < -0.3 is 5.32 Å². The van der Waals surface area contributed by atoms with E-state index in [1.54, 1.807) is 11.8 Å². The van der Waals surface area contributed by atoms with Crippen LogP contribution in [-0.4, -0.2) is 36.0 Å². The van der Waals surface area contributed by atoms with Gasteiger partial charge in [-0.25, -0.2) is 0 Å². The van der Waals surface area contributed by atoms with Crippen LogP contribution in [0.2, 0.25) is 0 Å².